The Bertz CT molecular complexity index is 673. The van der Waals surface area contributed by atoms with Gasteiger partial charge in [0, 0.05) is 12.1 Å². The van der Waals surface area contributed by atoms with E-state index in [-0.39, 0.29) is 18.2 Å². The van der Waals surface area contributed by atoms with Crippen LogP contribution in [0.5, 0.6) is 0 Å². The fourth-order valence-electron chi connectivity index (χ4n) is 2.86. The predicted octanol–water partition coefficient (Wildman–Crippen LogP) is 4.95. The molecule has 0 aliphatic carbocycles. The van der Waals surface area contributed by atoms with E-state index in [1.807, 2.05) is 6.92 Å². The molecule has 0 aromatic heterocycles. The molecule has 0 bridgehead atoms. The van der Waals surface area contributed by atoms with Crippen molar-refractivity contribution >= 4 is 5.71 Å². The topological polar surface area (TPSA) is 42.9 Å². The highest BCUT2D eigenvalue weighted by atomic mass is 19.4. The van der Waals surface area contributed by atoms with E-state index in [1.54, 1.807) is 0 Å². The first kappa shape index (κ1) is 22.5. The summed E-state index contributed by atoms with van der Waals surface area (Å²) in [4.78, 5) is 4.72. The molecule has 1 heterocycles. The summed E-state index contributed by atoms with van der Waals surface area (Å²) < 4.78 is 83.6. The number of nitrogens with one attached hydrogen (secondary N) is 1. The number of alkyl halides is 6. The number of hydrogen-bond acceptors (Lipinski definition) is 4. The number of rotatable bonds is 5. The third-order valence-electron chi connectivity index (χ3n) is 4.64. The van der Waals surface area contributed by atoms with Crippen molar-refractivity contribution in [1.29, 1.82) is 0 Å². The van der Waals surface area contributed by atoms with Gasteiger partial charge in [-0.05, 0) is 50.5 Å². The van der Waals surface area contributed by atoms with Crippen LogP contribution >= 0.6 is 0 Å². The van der Waals surface area contributed by atoms with Gasteiger partial charge < -0.3 is 14.9 Å². The third kappa shape index (κ3) is 5.84. The van der Waals surface area contributed by atoms with Crippen LogP contribution in [0.15, 0.2) is 23.4 Å². The molecular formula is C18H22F6N2O2. The monoisotopic (exact) mass is 412 g/mol. The Balaban J connectivity index is 2.13. The van der Waals surface area contributed by atoms with Crippen LogP contribution in [-0.2, 0) is 21.9 Å². The van der Waals surface area contributed by atoms with Crippen LogP contribution in [-0.4, -0.2) is 31.5 Å². The molecule has 10 heteroatoms. The summed E-state index contributed by atoms with van der Waals surface area (Å²) in [7, 11) is 1.44. The number of piperidine rings is 1. The summed E-state index contributed by atoms with van der Waals surface area (Å²) in [5.41, 5.74) is -2.54. The second-order valence-electron chi connectivity index (χ2n) is 7.05. The molecule has 1 aliphatic heterocycles. The van der Waals surface area contributed by atoms with Crippen molar-refractivity contribution in [3.8, 4) is 0 Å². The predicted molar refractivity (Wildman–Crippen MR) is 90.9 cm³/mol. The molecule has 0 saturated carbocycles. The van der Waals surface area contributed by atoms with E-state index in [4.69, 9.17) is 9.57 Å². The van der Waals surface area contributed by atoms with E-state index in [0.717, 1.165) is 5.71 Å². The van der Waals surface area contributed by atoms with Gasteiger partial charge in [0.25, 0.3) is 0 Å². The van der Waals surface area contributed by atoms with Crippen molar-refractivity contribution in [3.63, 3.8) is 0 Å². The summed E-state index contributed by atoms with van der Waals surface area (Å²) in [6, 6.07) is 1.50. The standard InChI is InChI=1S/C18H22F6N2O2/c1-11(28-10-16(2)5-4-15(9-25-16)26-27-3)12-6-13(17(19,20)21)8-14(7-12)18(22,23)24/h6-8,11,25H,4-5,9-10H2,1-3H3/t11-,16-/m1/s1. The fraction of sp³-hybridized carbons (Fsp3) is 0.611. The average molecular weight is 412 g/mol. The normalized spacial score (nSPS) is 23.7. The first-order valence-corrected chi connectivity index (χ1v) is 8.59. The van der Waals surface area contributed by atoms with E-state index in [2.05, 4.69) is 10.5 Å². The summed E-state index contributed by atoms with van der Waals surface area (Å²) in [5.74, 6) is 0. The minimum atomic E-state index is -4.89. The molecule has 2 rings (SSSR count). The van der Waals surface area contributed by atoms with Gasteiger partial charge in [0.05, 0.1) is 29.5 Å². The van der Waals surface area contributed by atoms with Crippen molar-refractivity contribution in [2.24, 2.45) is 5.16 Å². The summed E-state index contributed by atoms with van der Waals surface area (Å²) in [5, 5.41) is 7.07. The van der Waals surface area contributed by atoms with Gasteiger partial charge >= 0.3 is 12.4 Å². The lowest BCUT2D eigenvalue weighted by atomic mass is 9.91. The number of nitrogens with zero attached hydrogens (tertiary/aromatic N) is 1. The van der Waals surface area contributed by atoms with Crippen LogP contribution in [0.2, 0.25) is 0 Å². The van der Waals surface area contributed by atoms with Crippen LogP contribution in [0, 0.1) is 0 Å². The van der Waals surface area contributed by atoms with Crippen molar-refractivity contribution in [1.82, 2.24) is 5.32 Å². The van der Waals surface area contributed by atoms with Gasteiger partial charge in [-0.15, -0.1) is 0 Å². The number of benzene rings is 1. The molecule has 1 aliphatic rings. The van der Waals surface area contributed by atoms with Crippen molar-refractivity contribution < 1.29 is 35.9 Å². The lowest BCUT2D eigenvalue weighted by Crippen LogP contribution is -2.52. The lowest BCUT2D eigenvalue weighted by molar-refractivity contribution is -0.143. The Morgan fingerprint density at radius 3 is 2.11 bits per heavy atom. The largest absolute Gasteiger partial charge is 0.416 e. The van der Waals surface area contributed by atoms with Gasteiger partial charge in [0.15, 0.2) is 0 Å². The van der Waals surface area contributed by atoms with Gasteiger partial charge in [-0.1, -0.05) is 5.16 Å². The Morgan fingerprint density at radius 2 is 1.68 bits per heavy atom. The van der Waals surface area contributed by atoms with E-state index >= 15 is 0 Å². The zero-order valence-electron chi connectivity index (χ0n) is 15.7. The first-order chi connectivity index (χ1) is 12.8. The minimum Gasteiger partial charge on any atom is -0.399 e. The smallest absolute Gasteiger partial charge is 0.399 e. The Kier molecular flexibility index (Phi) is 6.65. The molecule has 1 aromatic carbocycles. The SMILES string of the molecule is CON=C1CC[C@](C)(CO[C@H](C)c2cc(C(F)(F)F)cc(C(F)(F)F)c2)NC1. The molecule has 0 unspecified atom stereocenters. The summed E-state index contributed by atoms with van der Waals surface area (Å²) in [6.07, 6.45) is -9.43. The molecule has 28 heavy (non-hydrogen) atoms. The van der Waals surface area contributed by atoms with Crippen LogP contribution in [0.25, 0.3) is 0 Å². The average Bonchev–Trinajstić information content (AvgIpc) is 2.60. The van der Waals surface area contributed by atoms with Gasteiger partial charge in [-0.2, -0.15) is 26.3 Å². The van der Waals surface area contributed by atoms with E-state index in [9.17, 15) is 26.3 Å². The van der Waals surface area contributed by atoms with Crippen molar-refractivity contribution in [2.75, 3.05) is 20.3 Å². The molecule has 1 saturated heterocycles. The maximum absolute atomic E-state index is 13.0. The quantitative estimate of drug-likeness (QED) is 0.550. The first-order valence-electron chi connectivity index (χ1n) is 8.59. The summed E-state index contributed by atoms with van der Waals surface area (Å²) in [6.45, 7) is 3.88. The molecule has 1 aromatic rings. The minimum absolute atomic E-state index is 0.108. The zero-order valence-corrected chi connectivity index (χ0v) is 15.7. The number of halogens is 6. The maximum atomic E-state index is 13.0. The number of oxime groups is 1. The maximum Gasteiger partial charge on any atom is 0.416 e. The van der Waals surface area contributed by atoms with Crippen molar-refractivity contribution in [2.45, 2.75) is 50.7 Å². The molecule has 2 atom stereocenters. The van der Waals surface area contributed by atoms with E-state index in [0.29, 0.717) is 31.5 Å². The molecule has 1 fully saturated rings. The third-order valence-corrected chi connectivity index (χ3v) is 4.64. The lowest BCUT2D eigenvalue weighted by Gasteiger charge is -2.36. The van der Waals surface area contributed by atoms with Gasteiger partial charge in [0.1, 0.15) is 7.11 Å². The Labute approximate surface area is 158 Å². The molecule has 1 N–H and O–H groups in total. The zero-order chi connectivity index (χ0) is 21.2. The van der Waals surface area contributed by atoms with E-state index < -0.39 is 35.1 Å². The van der Waals surface area contributed by atoms with Crippen LogP contribution in [0.4, 0.5) is 26.3 Å². The second-order valence-corrected chi connectivity index (χ2v) is 7.05. The molecule has 0 radical (unpaired) electrons. The highest BCUT2D eigenvalue weighted by Gasteiger charge is 2.37. The van der Waals surface area contributed by atoms with Gasteiger partial charge in [-0.25, -0.2) is 0 Å². The van der Waals surface area contributed by atoms with E-state index in [1.165, 1.54) is 14.0 Å². The molecule has 0 spiro atoms. The fourth-order valence-corrected chi connectivity index (χ4v) is 2.86. The molecular weight excluding hydrogens is 390 g/mol. The molecule has 4 nitrogen and oxygen atoms in total. The Morgan fingerprint density at radius 1 is 1.11 bits per heavy atom. The van der Waals surface area contributed by atoms with Crippen LogP contribution in [0.1, 0.15) is 49.5 Å². The van der Waals surface area contributed by atoms with Crippen molar-refractivity contribution in [3.05, 3.63) is 34.9 Å². The molecule has 0 amide bonds. The van der Waals surface area contributed by atoms with Crippen LogP contribution in [0.3, 0.4) is 0 Å². The number of ether oxygens (including phenoxy) is 1. The number of hydrogen-bond donors (Lipinski definition) is 1. The highest BCUT2D eigenvalue weighted by molar-refractivity contribution is 5.86. The van der Waals surface area contributed by atoms with Gasteiger partial charge in [-0.3, -0.25) is 0 Å². The van der Waals surface area contributed by atoms with Crippen LogP contribution < -0.4 is 5.32 Å². The Hall–Kier alpha value is -1.81. The second kappa shape index (κ2) is 8.28. The highest BCUT2D eigenvalue weighted by Crippen LogP contribution is 2.38. The molecule has 158 valence electrons. The summed E-state index contributed by atoms with van der Waals surface area (Å²) >= 11 is 0. The van der Waals surface area contributed by atoms with Gasteiger partial charge in [0.2, 0.25) is 0 Å².